The van der Waals surface area contributed by atoms with Crippen molar-refractivity contribution < 1.29 is 13.9 Å². The van der Waals surface area contributed by atoms with Crippen LogP contribution in [0.2, 0.25) is 0 Å². The fourth-order valence-electron chi connectivity index (χ4n) is 1.29. The number of rotatable bonds is 2. The lowest BCUT2D eigenvalue weighted by atomic mass is 10.2. The number of esters is 1. The largest absolute Gasteiger partial charge is 0.462 e. The molecular formula is C10H10N2O3. The van der Waals surface area contributed by atoms with Crippen molar-refractivity contribution in [3.63, 3.8) is 0 Å². The van der Waals surface area contributed by atoms with Gasteiger partial charge in [0, 0.05) is 0 Å². The Kier molecular flexibility index (Phi) is 2.29. The molecule has 5 heteroatoms. The standard InChI is InChI=1S/C10H10N2O3/c1-2-14-9(13)6-3-4-8-7(5-6)12-10(11)15-8/h3-5H,2H2,1H3,(H2,11,12). The van der Waals surface area contributed by atoms with Crippen LogP contribution in [0.5, 0.6) is 0 Å². The zero-order chi connectivity index (χ0) is 10.8. The molecule has 2 rings (SSSR count). The van der Waals surface area contributed by atoms with Crippen LogP contribution in [-0.2, 0) is 4.74 Å². The zero-order valence-corrected chi connectivity index (χ0v) is 8.19. The van der Waals surface area contributed by atoms with Gasteiger partial charge in [0.25, 0.3) is 6.01 Å². The summed E-state index contributed by atoms with van der Waals surface area (Å²) in [7, 11) is 0. The Balaban J connectivity index is 2.41. The van der Waals surface area contributed by atoms with Crippen LogP contribution in [0.3, 0.4) is 0 Å². The molecule has 0 saturated carbocycles. The minimum atomic E-state index is -0.374. The molecule has 0 unspecified atom stereocenters. The number of fused-ring (bicyclic) bond motifs is 1. The lowest BCUT2D eigenvalue weighted by Gasteiger charge is -1.99. The van der Waals surface area contributed by atoms with E-state index in [4.69, 9.17) is 14.9 Å². The van der Waals surface area contributed by atoms with E-state index in [0.717, 1.165) is 0 Å². The van der Waals surface area contributed by atoms with Crippen LogP contribution in [-0.4, -0.2) is 17.6 Å². The molecule has 0 radical (unpaired) electrons. The molecule has 0 aliphatic heterocycles. The lowest BCUT2D eigenvalue weighted by molar-refractivity contribution is 0.0526. The third-order valence-corrected chi connectivity index (χ3v) is 1.92. The van der Waals surface area contributed by atoms with Gasteiger partial charge in [0.05, 0.1) is 12.2 Å². The number of benzene rings is 1. The fraction of sp³-hybridized carbons (Fsp3) is 0.200. The predicted octanol–water partition coefficient (Wildman–Crippen LogP) is 1.59. The summed E-state index contributed by atoms with van der Waals surface area (Å²) >= 11 is 0. The number of aromatic nitrogens is 1. The summed E-state index contributed by atoms with van der Waals surface area (Å²) in [5, 5.41) is 0. The molecule has 0 aliphatic rings. The first-order valence-electron chi connectivity index (χ1n) is 4.54. The fourth-order valence-corrected chi connectivity index (χ4v) is 1.29. The summed E-state index contributed by atoms with van der Waals surface area (Å²) in [6.45, 7) is 2.10. The number of nitrogens with two attached hydrogens (primary N) is 1. The predicted molar refractivity (Wildman–Crippen MR) is 54.4 cm³/mol. The number of anilines is 1. The summed E-state index contributed by atoms with van der Waals surface area (Å²) in [5.74, 6) is -0.374. The third-order valence-electron chi connectivity index (χ3n) is 1.92. The van der Waals surface area contributed by atoms with Gasteiger partial charge in [0.1, 0.15) is 5.52 Å². The third kappa shape index (κ3) is 1.76. The Bertz CT molecular complexity index is 504. The van der Waals surface area contributed by atoms with Crippen molar-refractivity contribution in [3.05, 3.63) is 23.8 Å². The average Bonchev–Trinajstić information content (AvgIpc) is 2.57. The van der Waals surface area contributed by atoms with Gasteiger partial charge in [-0.3, -0.25) is 0 Å². The SMILES string of the molecule is CCOC(=O)c1ccc2oc(N)nc2c1. The first-order chi connectivity index (χ1) is 7.20. The molecule has 0 aliphatic carbocycles. The minimum Gasteiger partial charge on any atom is -0.462 e. The number of oxazole rings is 1. The average molecular weight is 206 g/mol. The summed E-state index contributed by atoms with van der Waals surface area (Å²) in [6, 6.07) is 4.94. The summed E-state index contributed by atoms with van der Waals surface area (Å²) in [4.78, 5) is 15.3. The molecule has 15 heavy (non-hydrogen) atoms. The van der Waals surface area contributed by atoms with Gasteiger partial charge in [0.15, 0.2) is 5.58 Å². The van der Waals surface area contributed by atoms with Gasteiger partial charge in [-0.15, -0.1) is 0 Å². The van der Waals surface area contributed by atoms with Crippen molar-refractivity contribution in [1.82, 2.24) is 4.98 Å². The highest BCUT2D eigenvalue weighted by Gasteiger charge is 2.09. The first-order valence-corrected chi connectivity index (χ1v) is 4.54. The molecule has 2 N–H and O–H groups in total. The van der Waals surface area contributed by atoms with E-state index < -0.39 is 0 Å². The molecule has 0 atom stereocenters. The van der Waals surface area contributed by atoms with Crippen LogP contribution < -0.4 is 5.73 Å². The van der Waals surface area contributed by atoms with Gasteiger partial charge < -0.3 is 14.9 Å². The Hall–Kier alpha value is -2.04. The second-order valence-corrected chi connectivity index (χ2v) is 2.96. The van der Waals surface area contributed by atoms with Gasteiger partial charge in [-0.2, -0.15) is 4.98 Å². The van der Waals surface area contributed by atoms with Crippen LogP contribution in [0.25, 0.3) is 11.1 Å². The van der Waals surface area contributed by atoms with Gasteiger partial charge in [0.2, 0.25) is 0 Å². The van der Waals surface area contributed by atoms with Crippen LogP contribution >= 0.6 is 0 Å². The maximum atomic E-state index is 11.4. The second kappa shape index (κ2) is 3.61. The van der Waals surface area contributed by atoms with Crippen LogP contribution in [0.4, 0.5) is 6.01 Å². The van der Waals surface area contributed by atoms with Gasteiger partial charge in [-0.05, 0) is 25.1 Å². The molecule has 0 saturated heterocycles. The van der Waals surface area contributed by atoms with Crippen molar-refractivity contribution in [3.8, 4) is 0 Å². The van der Waals surface area contributed by atoms with Crippen LogP contribution in [0.15, 0.2) is 22.6 Å². The smallest absolute Gasteiger partial charge is 0.338 e. The molecular weight excluding hydrogens is 196 g/mol. The number of carbonyl (C=O) groups excluding carboxylic acids is 1. The van der Waals surface area contributed by atoms with E-state index in [0.29, 0.717) is 23.3 Å². The van der Waals surface area contributed by atoms with E-state index in [-0.39, 0.29) is 12.0 Å². The van der Waals surface area contributed by atoms with E-state index in [2.05, 4.69) is 4.98 Å². The van der Waals surface area contributed by atoms with Crippen molar-refractivity contribution in [2.24, 2.45) is 0 Å². The van der Waals surface area contributed by atoms with Crippen LogP contribution in [0, 0.1) is 0 Å². The second-order valence-electron chi connectivity index (χ2n) is 2.96. The topological polar surface area (TPSA) is 78.3 Å². The highest BCUT2D eigenvalue weighted by atomic mass is 16.5. The maximum absolute atomic E-state index is 11.4. The first kappa shape index (κ1) is 9.51. The Morgan fingerprint density at radius 2 is 2.40 bits per heavy atom. The van der Waals surface area contributed by atoms with Crippen molar-refractivity contribution in [2.75, 3.05) is 12.3 Å². The minimum absolute atomic E-state index is 0.0889. The van der Waals surface area contributed by atoms with Crippen molar-refractivity contribution >= 4 is 23.1 Å². The molecule has 1 aromatic carbocycles. The molecule has 0 spiro atoms. The van der Waals surface area contributed by atoms with Crippen LogP contribution in [0.1, 0.15) is 17.3 Å². The van der Waals surface area contributed by atoms with Crippen molar-refractivity contribution in [2.45, 2.75) is 6.92 Å². The Labute approximate surface area is 85.8 Å². The molecule has 5 nitrogen and oxygen atoms in total. The number of hydrogen-bond acceptors (Lipinski definition) is 5. The van der Waals surface area contributed by atoms with E-state index in [9.17, 15) is 4.79 Å². The molecule has 0 fully saturated rings. The molecule has 1 aromatic heterocycles. The normalized spacial score (nSPS) is 10.5. The highest BCUT2D eigenvalue weighted by Crippen LogP contribution is 2.18. The lowest BCUT2D eigenvalue weighted by Crippen LogP contribution is -2.03. The number of ether oxygens (including phenoxy) is 1. The quantitative estimate of drug-likeness (QED) is 0.755. The number of nitrogen functional groups attached to an aromatic ring is 1. The van der Waals surface area contributed by atoms with E-state index in [1.165, 1.54) is 0 Å². The molecule has 1 heterocycles. The number of nitrogens with zero attached hydrogens (tertiary/aromatic N) is 1. The Morgan fingerprint density at radius 1 is 1.60 bits per heavy atom. The molecule has 2 aromatic rings. The molecule has 0 bridgehead atoms. The molecule has 0 amide bonds. The van der Waals surface area contributed by atoms with E-state index in [1.54, 1.807) is 25.1 Å². The van der Waals surface area contributed by atoms with Gasteiger partial charge >= 0.3 is 5.97 Å². The monoisotopic (exact) mass is 206 g/mol. The maximum Gasteiger partial charge on any atom is 0.338 e. The summed E-state index contributed by atoms with van der Waals surface area (Å²) < 4.78 is 9.93. The van der Waals surface area contributed by atoms with Crippen molar-refractivity contribution in [1.29, 1.82) is 0 Å². The van der Waals surface area contributed by atoms with Gasteiger partial charge in [-0.1, -0.05) is 0 Å². The number of carbonyl (C=O) groups is 1. The Morgan fingerprint density at radius 3 is 3.13 bits per heavy atom. The molecule has 78 valence electrons. The number of hydrogen-bond donors (Lipinski definition) is 1. The summed E-state index contributed by atoms with van der Waals surface area (Å²) in [5.41, 5.74) is 6.93. The zero-order valence-electron chi connectivity index (χ0n) is 8.19. The van der Waals surface area contributed by atoms with E-state index in [1.807, 2.05) is 0 Å². The van der Waals surface area contributed by atoms with Gasteiger partial charge in [-0.25, -0.2) is 4.79 Å². The summed E-state index contributed by atoms with van der Waals surface area (Å²) in [6.07, 6.45) is 0. The van der Waals surface area contributed by atoms with E-state index >= 15 is 0 Å². The highest BCUT2D eigenvalue weighted by molar-refractivity contribution is 5.93.